The number of imidazole rings is 1. The van der Waals surface area contributed by atoms with Crippen molar-refractivity contribution in [2.45, 2.75) is 84.1 Å². The molecule has 192 valence electrons. The average molecular weight is 490 g/mol. The van der Waals surface area contributed by atoms with E-state index in [0.29, 0.717) is 57.8 Å². The van der Waals surface area contributed by atoms with Crippen molar-refractivity contribution in [1.82, 2.24) is 24.3 Å². The highest BCUT2D eigenvalue weighted by molar-refractivity contribution is 5.81. The third-order valence-corrected chi connectivity index (χ3v) is 6.60. The number of rotatable bonds is 6. The lowest BCUT2D eigenvalue weighted by molar-refractivity contribution is -0.146. The largest absolute Gasteiger partial charge is 0.457 e. The van der Waals surface area contributed by atoms with Gasteiger partial charge in [0.2, 0.25) is 5.91 Å². The smallest absolute Gasteiger partial charge is 0.410 e. The molecule has 0 saturated carbocycles. The molecule has 0 radical (unpaired) electrons. The fourth-order valence-electron chi connectivity index (χ4n) is 4.76. The van der Waals surface area contributed by atoms with Gasteiger partial charge in [-0.05, 0) is 46.5 Å². The maximum absolute atomic E-state index is 13.2. The molecule has 3 aliphatic rings. The van der Waals surface area contributed by atoms with E-state index in [-0.39, 0.29) is 37.1 Å². The number of hydrogen-bond acceptors (Lipinski definition) is 7. The van der Waals surface area contributed by atoms with Crippen LogP contribution in [0.5, 0.6) is 0 Å². The van der Waals surface area contributed by atoms with Gasteiger partial charge in [0, 0.05) is 38.6 Å². The Labute approximate surface area is 205 Å². The standard InChI is InChI=1S/C24H35N5O6/c1-24(2,3)35-23(33)27-11-7-17(8-12-27)28-15-18-14-25-19(29(18)22(28)32)16-34-21(31)9-13-26-10-5-4-6-20(26)30/h14,17H,4-13,15-16H2,1-3H3. The first-order chi connectivity index (χ1) is 16.6. The molecule has 2 saturated heterocycles. The van der Waals surface area contributed by atoms with Gasteiger partial charge in [-0.25, -0.2) is 19.1 Å². The lowest BCUT2D eigenvalue weighted by atomic mass is 10.0. The van der Waals surface area contributed by atoms with Crippen LogP contribution in [0.4, 0.5) is 9.59 Å². The zero-order valence-electron chi connectivity index (χ0n) is 20.8. The van der Waals surface area contributed by atoms with Crippen LogP contribution in [0.15, 0.2) is 6.20 Å². The van der Waals surface area contributed by atoms with Crippen molar-refractivity contribution < 1.29 is 28.7 Å². The van der Waals surface area contributed by atoms with Gasteiger partial charge in [0.25, 0.3) is 0 Å². The van der Waals surface area contributed by atoms with Gasteiger partial charge in [0.15, 0.2) is 5.82 Å². The number of carbonyl (C=O) groups excluding carboxylic acids is 4. The number of amides is 3. The molecule has 4 heterocycles. The third-order valence-electron chi connectivity index (χ3n) is 6.60. The summed E-state index contributed by atoms with van der Waals surface area (Å²) in [5, 5.41) is 0. The molecule has 0 aromatic carbocycles. The summed E-state index contributed by atoms with van der Waals surface area (Å²) in [6.07, 6.45) is 5.17. The maximum atomic E-state index is 13.2. The molecule has 0 aliphatic carbocycles. The Balaban J connectivity index is 1.26. The van der Waals surface area contributed by atoms with Crippen LogP contribution in [0.3, 0.4) is 0 Å². The third kappa shape index (κ3) is 5.94. The van der Waals surface area contributed by atoms with Crippen LogP contribution in [0.2, 0.25) is 0 Å². The molecule has 0 bridgehead atoms. The number of aromatic nitrogens is 2. The minimum atomic E-state index is -0.541. The van der Waals surface area contributed by atoms with Crippen LogP contribution >= 0.6 is 0 Å². The summed E-state index contributed by atoms with van der Waals surface area (Å²) >= 11 is 0. The normalized spacial score (nSPS) is 19.2. The van der Waals surface area contributed by atoms with Gasteiger partial charge in [0.05, 0.1) is 24.9 Å². The number of piperidine rings is 2. The minimum absolute atomic E-state index is 0.0126. The van der Waals surface area contributed by atoms with E-state index in [4.69, 9.17) is 9.47 Å². The van der Waals surface area contributed by atoms with E-state index in [1.54, 1.807) is 20.9 Å². The molecule has 0 unspecified atom stereocenters. The lowest BCUT2D eigenvalue weighted by Gasteiger charge is -2.36. The molecule has 35 heavy (non-hydrogen) atoms. The highest BCUT2D eigenvalue weighted by atomic mass is 16.6. The van der Waals surface area contributed by atoms with E-state index in [0.717, 1.165) is 18.5 Å². The van der Waals surface area contributed by atoms with Gasteiger partial charge >= 0.3 is 18.1 Å². The summed E-state index contributed by atoms with van der Waals surface area (Å²) in [6.45, 7) is 7.96. The van der Waals surface area contributed by atoms with Crippen LogP contribution in [-0.2, 0) is 32.2 Å². The van der Waals surface area contributed by atoms with Crippen molar-refractivity contribution in [2.75, 3.05) is 26.2 Å². The SMILES string of the molecule is CC(C)(C)OC(=O)N1CCC(N2Cc3cnc(COC(=O)CCN4CCCCC4=O)n3C2=O)CC1. The van der Waals surface area contributed by atoms with Gasteiger partial charge in [-0.1, -0.05) is 0 Å². The number of likely N-dealkylation sites (tertiary alicyclic amines) is 2. The van der Waals surface area contributed by atoms with Crippen molar-refractivity contribution in [3.05, 3.63) is 17.7 Å². The average Bonchev–Trinajstić information content (AvgIpc) is 3.36. The summed E-state index contributed by atoms with van der Waals surface area (Å²) < 4.78 is 12.3. The predicted octanol–water partition coefficient (Wildman–Crippen LogP) is 2.51. The molecule has 0 spiro atoms. The van der Waals surface area contributed by atoms with Crippen LogP contribution < -0.4 is 0 Å². The van der Waals surface area contributed by atoms with E-state index in [2.05, 4.69) is 4.98 Å². The molecule has 11 nitrogen and oxygen atoms in total. The van der Waals surface area contributed by atoms with Crippen molar-refractivity contribution >= 4 is 24.0 Å². The Morgan fingerprint density at radius 2 is 1.86 bits per heavy atom. The lowest BCUT2D eigenvalue weighted by Crippen LogP contribution is -2.48. The van der Waals surface area contributed by atoms with Crippen LogP contribution in [0.25, 0.3) is 0 Å². The second-order valence-electron chi connectivity index (χ2n) is 10.4. The first-order valence-corrected chi connectivity index (χ1v) is 12.4. The predicted molar refractivity (Wildman–Crippen MR) is 124 cm³/mol. The van der Waals surface area contributed by atoms with Gasteiger partial charge in [-0.2, -0.15) is 0 Å². The first kappa shape index (κ1) is 25.0. The van der Waals surface area contributed by atoms with E-state index in [1.807, 2.05) is 20.8 Å². The summed E-state index contributed by atoms with van der Waals surface area (Å²) in [5.41, 5.74) is 0.217. The quantitative estimate of drug-likeness (QED) is 0.564. The first-order valence-electron chi connectivity index (χ1n) is 12.4. The topological polar surface area (TPSA) is 114 Å². The van der Waals surface area contributed by atoms with E-state index < -0.39 is 11.6 Å². The number of fused-ring (bicyclic) bond motifs is 1. The number of ether oxygens (including phenoxy) is 2. The van der Waals surface area contributed by atoms with Gasteiger partial charge in [-0.15, -0.1) is 0 Å². The molecule has 4 rings (SSSR count). The van der Waals surface area contributed by atoms with Crippen molar-refractivity contribution in [1.29, 1.82) is 0 Å². The summed E-state index contributed by atoms with van der Waals surface area (Å²) in [7, 11) is 0. The second-order valence-corrected chi connectivity index (χ2v) is 10.4. The van der Waals surface area contributed by atoms with E-state index in [9.17, 15) is 19.2 Å². The highest BCUT2D eigenvalue weighted by Gasteiger charge is 2.37. The highest BCUT2D eigenvalue weighted by Crippen LogP contribution is 2.27. The Morgan fingerprint density at radius 3 is 2.54 bits per heavy atom. The number of esters is 1. The fourth-order valence-corrected chi connectivity index (χ4v) is 4.76. The maximum Gasteiger partial charge on any atom is 0.410 e. The number of nitrogens with zero attached hydrogens (tertiary/aromatic N) is 5. The Hall–Kier alpha value is -3.11. The molecular formula is C24H35N5O6. The van der Waals surface area contributed by atoms with Crippen molar-refractivity contribution in [3.63, 3.8) is 0 Å². The van der Waals surface area contributed by atoms with Gasteiger partial charge < -0.3 is 24.2 Å². The Morgan fingerprint density at radius 1 is 1.11 bits per heavy atom. The summed E-state index contributed by atoms with van der Waals surface area (Å²) in [5.74, 6) is 0.0522. The molecule has 11 heteroatoms. The number of hydrogen-bond donors (Lipinski definition) is 0. The molecule has 1 aromatic heterocycles. The van der Waals surface area contributed by atoms with Gasteiger partial charge in [0.1, 0.15) is 12.2 Å². The Bertz CT molecular complexity index is 976. The zero-order chi connectivity index (χ0) is 25.2. The second kappa shape index (κ2) is 10.2. The van der Waals surface area contributed by atoms with E-state index >= 15 is 0 Å². The molecule has 0 N–H and O–H groups in total. The molecule has 1 aromatic rings. The minimum Gasteiger partial charge on any atom is -0.457 e. The van der Waals surface area contributed by atoms with Crippen molar-refractivity contribution in [2.24, 2.45) is 0 Å². The van der Waals surface area contributed by atoms with Crippen LogP contribution in [0.1, 0.15) is 70.8 Å². The fraction of sp³-hybridized carbons (Fsp3) is 0.708. The van der Waals surface area contributed by atoms with E-state index in [1.165, 1.54) is 4.57 Å². The van der Waals surface area contributed by atoms with Crippen LogP contribution in [-0.4, -0.2) is 86.1 Å². The molecule has 0 atom stereocenters. The zero-order valence-corrected chi connectivity index (χ0v) is 20.8. The molecular weight excluding hydrogens is 454 g/mol. The molecule has 3 aliphatic heterocycles. The molecule has 3 amide bonds. The van der Waals surface area contributed by atoms with Gasteiger partial charge in [-0.3, -0.25) is 9.59 Å². The Kier molecular flexibility index (Phi) is 7.32. The van der Waals surface area contributed by atoms with Crippen LogP contribution in [0, 0.1) is 0 Å². The monoisotopic (exact) mass is 489 g/mol. The summed E-state index contributed by atoms with van der Waals surface area (Å²) in [6, 6.07) is -0.170. The van der Waals surface area contributed by atoms with Crippen molar-refractivity contribution in [3.8, 4) is 0 Å². The summed E-state index contributed by atoms with van der Waals surface area (Å²) in [4.78, 5) is 59.0. The molecule has 2 fully saturated rings. The number of carbonyl (C=O) groups is 4.